The van der Waals surface area contributed by atoms with Crippen LogP contribution in [0.4, 0.5) is 5.82 Å². The predicted octanol–water partition coefficient (Wildman–Crippen LogP) is 3.92. The Morgan fingerprint density at radius 2 is 1.77 bits per heavy atom. The second kappa shape index (κ2) is 8.00. The van der Waals surface area contributed by atoms with Gasteiger partial charge in [-0.25, -0.2) is 9.67 Å². The Labute approximate surface area is 187 Å². The van der Waals surface area contributed by atoms with E-state index in [4.69, 9.17) is 11.6 Å². The van der Waals surface area contributed by atoms with Gasteiger partial charge in [-0.1, -0.05) is 32.7 Å². The molecule has 1 amide bonds. The summed E-state index contributed by atoms with van der Waals surface area (Å²) in [6, 6.07) is 11.7. The molecular weight excluding hydrogens is 468 g/mol. The van der Waals surface area contributed by atoms with Crippen LogP contribution in [0, 0.1) is 0 Å². The maximum Gasteiger partial charge on any atom is 0.276 e. The van der Waals surface area contributed by atoms with Gasteiger partial charge >= 0.3 is 0 Å². The first-order chi connectivity index (χ1) is 14.6. The first-order valence-electron chi connectivity index (χ1n) is 9.97. The SMILES string of the molecule is O=C(c1nnn(-c2ccc(Br)cc2)c1C1CC1)N1CCN(c2ccc(Cl)cn2)CC1. The molecule has 30 heavy (non-hydrogen) atoms. The number of nitrogens with zero attached hydrogens (tertiary/aromatic N) is 6. The fraction of sp³-hybridized carbons (Fsp3) is 0.333. The van der Waals surface area contributed by atoms with Crippen LogP contribution in [-0.2, 0) is 0 Å². The zero-order chi connectivity index (χ0) is 20.7. The van der Waals surface area contributed by atoms with Gasteiger partial charge < -0.3 is 9.80 Å². The van der Waals surface area contributed by atoms with Crippen LogP contribution >= 0.6 is 27.5 Å². The lowest BCUT2D eigenvalue weighted by molar-refractivity contribution is 0.0739. The van der Waals surface area contributed by atoms with Gasteiger partial charge in [0.1, 0.15) is 5.82 Å². The van der Waals surface area contributed by atoms with Crippen molar-refractivity contribution in [1.29, 1.82) is 0 Å². The van der Waals surface area contributed by atoms with Crippen molar-refractivity contribution >= 4 is 39.3 Å². The molecule has 1 aromatic carbocycles. The van der Waals surface area contributed by atoms with Gasteiger partial charge in [0, 0.05) is 42.8 Å². The molecule has 0 spiro atoms. The maximum absolute atomic E-state index is 13.3. The van der Waals surface area contributed by atoms with E-state index in [1.165, 1.54) is 0 Å². The number of carbonyl (C=O) groups excluding carboxylic acids is 1. The third-order valence-corrected chi connectivity index (χ3v) is 6.30. The van der Waals surface area contributed by atoms with Crippen LogP contribution in [-0.4, -0.2) is 57.0 Å². The van der Waals surface area contributed by atoms with E-state index in [1.807, 2.05) is 46.0 Å². The number of piperazine rings is 1. The molecule has 2 aromatic heterocycles. The number of hydrogen-bond donors (Lipinski definition) is 0. The number of carbonyl (C=O) groups is 1. The van der Waals surface area contributed by atoms with Crippen molar-refractivity contribution in [3.05, 3.63) is 63.5 Å². The molecule has 1 aliphatic carbocycles. The average Bonchev–Trinajstić information content (AvgIpc) is 3.52. The van der Waals surface area contributed by atoms with Crippen LogP contribution in [0.3, 0.4) is 0 Å². The highest BCUT2D eigenvalue weighted by Gasteiger charge is 2.36. The van der Waals surface area contributed by atoms with Crippen molar-refractivity contribution in [3.63, 3.8) is 0 Å². The maximum atomic E-state index is 13.3. The smallest absolute Gasteiger partial charge is 0.276 e. The number of aromatic nitrogens is 4. The number of rotatable bonds is 4. The van der Waals surface area contributed by atoms with E-state index in [9.17, 15) is 4.79 Å². The van der Waals surface area contributed by atoms with E-state index in [1.54, 1.807) is 6.20 Å². The van der Waals surface area contributed by atoms with Gasteiger partial charge in [0.05, 0.1) is 16.4 Å². The number of amides is 1. The molecule has 9 heteroatoms. The fourth-order valence-corrected chi connectivity index (χ4v) is 4.16. The molecule has 154 valence electrons. The molecule has 3 aromatic rings. The summed E-state index contributed by atoms with van der Waals surface area (Å²) in [5.41, 5.74) is 2.34. The van der Waals surface area contributed by atoms with Crippen LogP contribution in [0.15, 0.2) is 47.1 Å². The predicted molar refractivity (Wildman–Crippen MR) is 118 cm³/mol. The van der Waals surface area contributed by atoms with Crippen molar-refractivity contribution in [2.75, 3.05) is 31.1 Å². The molecule has 1 saturated carbocycles. The molecule has 1 aliphatic heterocycles. The van der Waals surface area contributed by atoms with E-state index in [2.05, 4.69) is 36.1 Å². The second-order valence-corrected chi connectivity index (χ2v) is 8.95. The Hall–Kier alpha value is -2.45. The van der Waals surface area contributed by atoms with Crippen molar-refractivity contribution < 1.29 is 4.79 Å². The third kappa shape index (κ3) is 3.81. The standard InChI is InChI=1S/C21H20BrClN6O/c22-15-3-6-17(7-4-15)29-20(14-1-2-14)19(25-26-29)21(30)28-11-9-27(10-12-28)18-8-5-16(23)13-24-18/h3-8,13-14H,1-2,9-12H2. The van der Waals surface area contributed by atoms with E-state index < -0.39 is 0 Å². The van der Waals surface area contributed by atoms with Crippen LogP contribution in [0.5, 0.6) is 0 Å². The molecule has 0 radical (unpaired) electrons. The van der Waals surface area contributed by atoms with Crippen LogP contribution in [0.2, 0.25) is 5.02 Å². The first kappa shape index (κ1) is 19.5. The van der Waals surface area contributed by atoms with Crippen molar-refractivity contribution in [1.82, 2.24) is 24.9 Å². The number of benzene rings is 1. The quantitative estimate of drug-likeness (QED) is 0.558. The Morgan fingerprint density at radius 3 is 2.40 bits per heavy atom. The molecular formula is C21H20BrClN6O. The van der Waals surface area contributed by atoms with Crippen molar-refractivity contribution in [2.24, 2.45) is 0 Å². The van der Waals surface area contributed by atoms with E-state index in [0.29, 0.717) is 29.7 Å². The topological polar surface area (TPSA) is 67.2 Å². The first-order valence-corrected chi connectivity index (χ1v) is 11.1. The summed E-state index contributed by atoms with van der Waals surface area (Å²) in [6.07, 6.45) is 3.79. The third-order valence-electron chi connectivity index (χ3n) is 5.55. The van der Waals surface area contributed by atoms with Gasteiger partial charge in [-0.15, -0.1) is 5.10 Å². The largest absolute Gasteiger partial charge is 0.353 e. The van der Waals surface area contributed by atoms with Gasteiger partial charge in [0.2, 0.25) is 0 Å². The minimum absolute atomic E-state index is 0.0380. The number of halogens is 2. The summed E-state index contributed by atoms with van der Waals surface area (Å²) in [5.74, 6) is 1.19. The van der Waals surface area contributed by atoms with Gasteiger partial charge in [0.15, 0.2) is 5.69 Å². The molecule has 0 bridgehead atoms. The van der Waals surface area contributed by atoms with Crippen LogP contribution < -0.4 is 4.90 Å². The normalized spacial score (nSPS) is 16.7. The highest BCUT2D eigenvalue weighted by atomic mass is 79.9. The lowest BCUT2D eigenvalue weighted by Gasteiger charge is -2.35. The number of hydrogen-bond acceptors (Lipinski definition) is 5. The average molecular weight is 488 g/mol. The van der Waals surface area contributed by atoms with Gasteiger partial charge in [-0.2, -0.15) is 0 Å². The number of pyridine rings is 1. The second-order valence-electron chi connectivity index (χ2n) is 7.60. The Kier molecular flexibility index (Phi) is 5.20. The molecule has 2 fully saturated rings. The van der Waals surface area contributed by atoms with E-state index in [0.717, 1.165) is 47.6 Å². The van der Waals surface area contributed by atoms with Crippen LogP contribution in [0.1, 0.15) is 34.9 Å². The molecule has 0 N–H and O–H groups in total. The van der Waals surface area contributed by atoms with Crippen molar-refractivity contribution in [3.8, 4) is 5.69 Å². The number of anilines is 1. The van der Waals surface area contributed by atoms with Gasteiger partial charge in [0.25, 0.3) is 5.91 Å². The Morgan fingerprint density at radius 1 is 1.03 bits per heavy atom. The van der Waals surface area contributed by atoms with Crippen molar-refractivity contribution in [2.45, 2.75) is 18.8 Å². The highest BCUT2D eigenvalue weighted by Crippen LogP contribution is 2.42. The summed E-state index contributed by atoms with van der Waals surface area (Å²) < 4.78 is 2.83. The van der Waals surface area contributed by atoms with Gasteiger partial charge in [-0.05, 0) is 49.2 Å². The molecule has 3 heterocycles. The van der Waals surface area contributed by atoms with Crippen LogP contribution in [0.25, 0.3) is 5.69 Å². The zero-order valence-electron chi connectivity index (χ0n) is 16.2. The minimum Gasteiger partial charge on any atom is -0.353 e. The Bertz CT molecular complexity index is 1060. The molecule has 0 unspecified atom stereocenters. The summed E-state index contributed by atoms with van der Waals surface area (Å²) >= 11 is 9.39. The summed E-state index contributed by atoms with van der Waals surface area (Å²) in [6.45, 7) is 2.69. The molecule has 2 aliphatic rings. The molecule has 5 rings (SSSR count). The summed E-state index contributed by atoms with van der Waals surface area (Å²) in [4.78, 5) is 21.7. The summed E-state index contributed by atoms with van der Waals surface area (Å²) in [5, 5.41) is 9.26. The Balaban J connectivity index is 1.34. The molecule has 0 atom stereocenters. The minimum atomic E-state index is -0.0380. The van der Waals surface area contributed by atoms with E-state index >= 15 is 0 Å². The zero-order valence-corrected chi connectivity index (χ0v) is 18.6. The van der Waals surface area contributed by atoms with Gasteiger partial charge in [-0.3, -0.25) is 4.79 Å². The monoisotopic (exact) mass is 486 g/mol. The van der Waals surface area contributed by atoms with E-state index in [-0.39, 0.29) is 5.91 Å². The lowest BCUT2D eigenvalue weighted by atomic mass is 10.1. The fourth-order valence-electron chi connectivity index (χ4n) is 3.78. The summed E-state index contributed by atoms with van der Waals surface area (Å²) in [7, 11) is 0. The lowest BCUT2D eigenvalue weighted by Crippen LogP contribution is -2.49. The molecule has 1 saturated heterocycles. The molecule has 7 nitrogen and oxygen atoms in total. The highest BCUT2D eigenvalue weighted by molar-refractivity contribution is 9.10.